The summed E-state index contributed by atoms with van der Waals surface area (Å²) in [6.45, 7) is 2.24. The lowest BCUT2D eigenvalue weighted by atomic mass is 10.1. The molecule has 4 heteroatoms. The van der Waals surface area contributed by atoms with E-state index in [1.165, 1.54) is 10.6 Å². The summed E-state index contributed by atoms with van der Waals surface area (Å²) in [7, 11) is -0.455. The lowest BCUT2D eigenvalue weighted by molar-refractivity contribution is 0.262. The first-order chi connectivity index (χ1) is 13.7. The molecule has 2 amide bonds. The number of benzene rings is 4. The number of amides is 2. The highest BCUT2D eigenvalue weighted by atomic mass is 31.1. The summed E-state index contributed by atoms with van der Waals surface area (Å²) >= 11 is 0. The fraction of sp³-hybridized carbons (Fsp3) is 0.0417. The van der Waals surface area contributed by atoms with E-state index in [-0.39, 0.29) is 6.03 Å². The van der Waals surface area contributed by atoms with E-state index in [9.17, 15) is 4.79 Å². The third-order valence-corrected chi connectivity index (χ3v) is 6.80. The van der Waals surface area contributed by atoms with Gasteiger partial charge in [-0.3, -0.25) is 0 Å². The summed E-state index contributed by atoms with van der Waals surface area (Å²) in [5.74, 6) is 0. The summed E-state index contributed by atoms with van der Waals surface area (Å²) in [5, 5.41) is 10.6. The Balaban J connectivity index is 1.50. The molecule has 0 spiro atoms. The maximum Gasteiger partial charge on any atom is 0.323 e. The van der Waals surface area contributed by atoms with Crippen LogP contribution < -0.4 is 21.2 Å². The molecule has 0 aliphatic rings. The molecule has 138 valence electrons. The number of carbonyl (C=O) groups excluding carboxylic acids is 1. The minimum Gasteiger partial charge on any atom is -0.308 e. The zero-order valence-electron chi connectivity index (χ0n) is 15.6. The molecule has 0 saturated carbocycles. The topological polar surface area (TPSA) is 41.1 Å². The number of urea groups is 1. The molecule has 0 saturated heterocycles. The first-order valence-electron chi connectivity index (χ1n) is 9.15. The van der Waals surface area contributed by atoms with Crippen LogP contribution in [0.2, 0.25) is 0 Å². The highest BCUT2D eigenvalue weighted by Gasteiger charge is 2.10. The molecular weight excluding hydrogens is 363 g/mol. The summed E-state index contributed by atoms with van der Waals surface area (Å²) in [4.78, 5) is 12.6. The SMILES string of the molecule is CP(c1ccccc1)c1cccc(NC(=O)Nc2cccc3ccccc23)c1. The van der Waals surface area contributed by atoms with E-state index < -0.39 is 7.92 Å². The van der Waals surface area contributed by atoms with Crippen molar-refractivity contribution in [1.82, 2.24) is 0 Å². The number of rotatable bonds is 4. The predicted molar refractivity (Wildman–Crippen MR) is 122 cm³/mol. The van der Waals surface area contributed by atoms with Crippen molar-refractivity contribution >= 4 is 46.7 Å². The van der Waals surface area contributed by atoms with E-state index in [2.05, 4.69) is 53.7 Å². The van der Waals surface area contributed by atoms with Gasteiger partial charge >= 0.3 is 6.03 Å². The smallest absolute Gasteiger partial charge is 0.308 e. The second kappa shape index (κ2) is 8.24. The lowest BCUT2D eigenvalue weighted by Gasteiger charge is -2.15. The van der Waals surface area contributed by atoms with E-state index in [4.69, 9.17) is 0 Å². The van der Waals surface area contributed by atoms with Crippen molar-refractivity contribution in [3.8, 4) is 0 Å². The van der Waals surface area contributed by atoms with Gasteiger partial charge in [-0.25, -0.2) is 4.79 Å². The fourth-order valence-corrected chi connectivity index (χ4v) is 4.77. The van der Waals surface area contributed by atoms with E-state index in [0.717, 1.165) is 22.1 Å². The minimum absolute atomic E-state index is 0.242. The molecule has 2 N–H and O–H groups in total. The van der Waals surface area contributed by atoms with Gasteiger partial charge in [-0.05, 0) is 48.8 Å². The van der Waals surface area contributed by atoms with Gasteiger partial charge in [-0.2, -0.15) is 0 Å². The molecule has 0 radical (unpaired) electrons. The first kappa shape index (κ1) is 18.2. The van der Waals surface area contributed by atoms with Crippen LogP contribution >= 0.6 is 7.92 Å². The van der Waals surface area contributed by atoms with Crippen molar-refractivity contribution in [2.75, 3.05) is 17.3 Å². The molecule has 0 heterocycles. The van der Waals surface area contributed by atoms with Crippen molar-refractivity contribution in [1.29, 1.82) is 0 Å². The summed E-state index contributed by atoms with van der Waals surface area (Å²) in [6.07, 6.45) is 0. The quantitative estimate of drug-likeness (QED) is 0.445. The number of fused-ring (bicyclic) bond motifs is 1. The molecule has 0 aromatic heterocycles. The molecule has 28 heavy (non-hydrogen) atoms. The largest absolute Gasteiger partial charge is 0.323 e. The van der Waals surface area contributed by atoms with Gasteiger partial charge in [-0.1, -0.05) is 78.9 Å². The van der Waals surface area contributed by atoms with Crippen LogP contribution in [0.3, 0.4) is 0 Å². The Morgan fingerprint density at radius 2 is 1.39 bits per heavy atom. The average molecular weight is 384 g/mol. The molecule has 4 aromatic rings. The van der Waals surface area contributed by atoms with Crippen LogP contribution in [0.5, 0.6) is 0 Å². The Morgan fingerprint density at radius 1 is 0.714 bits per heavy atom. The van der Waals surface area contributed by atoms with Crippen LogP contribution in [0.4, 0.5) is 16.2 Å². The average Bonchev–Trinajstić information content (AvgIpc) is 2.74. The highest BCUT2D eigenvalue weighted by Crippen LogP contribution is 2.29. The van der Waals surface area contributed by atoms with Gasteiger partial charge in [0, 0.05) is 11.1 Å². The van der Waals surface area contributed by atoms with E-state index >= 15 is 0 Å². The van der Waals surface area contributed by atoms with Crippen LogP contribution in [-0.4, -0.2) is 12.7 Å². The van der Waals surface area contributed by atoms with Crippen molar-refractivity contribution in [3.63, 3.8) is 0 Å². The molecule has 0 fully saturated rings. The zero-order valence-corrected chi connectivity index (χ0v) is 16.5. The lowest BCUT2D eigenvalue weighted by Crippen LogP contribution is -2.20. The highest BCUT2D eigenvalue weighted by molar-refractivity contribution is 7.72. The summed E-state index contributed by atoms with van der Waals surface area (Å²) < 4.78 is 0. The molecule has 4 aromatic carbocycles. The Kier molecular flexibility index (Phi) is 5.36. The molecule has 1 unspecified atom stereocenters. The number of carbonyl (C=O) groups is 1. The van der Waals surface area contributed by atoms with Gasteiger partial charge < -0.3 is 10.6 Å². The zero-order chi connectivity index (χ0) is 19.3. The van der Waals surface area contributed by atoms with Crippen LogP contribution in [0.25, 0.3) is 10.8 Å². The molecule has 0 aliphatic heterocycles. The second-order valence-corrected chi connectivity index (χ2v) is 8.70. The van der Waals surface area contributed by atoms with Gasteiger partial charge in [0.25, 0.3) is 0 Å². The summed E-state index contributed by atoms with van der Waals surface area (Å²) in [6, 6.07) is 32.2. The summed E-state index contributed by atoms with van der Waals surface area (Å²) in [5.41, 5.74) is 1.59. The Bertz CT molecular complexity index is 1110. The molecule has 0 aliphatic carbocycles. The van der Waals surface area contributed by atoms with Crippen LogP contribution in [0.15, 0.2) is 97.1 Å². The number of anilines is 2. The van der Waals surface area contributed by atoms with E-state index in [0.29, 0.717) is 0 Å². The predicted octanol–water partition coefficient (Wildman–Crippen LogP) is 5.55. The monoisotopic (exact) mass is 384 g/mol. The number of hydrogen-bond donors (Lipinski definition) is 2. The van der Waals surface area contributed by atoms with E-state index in [1.54, 1.807) is 0 Å². The maximum absolute atomic E-state index is 12.6. The Morgan fingerprint density at radius 3 is 2.25 bits per heavy atom. The van der Waals surface area contributed by atoms with Crippen LogP contribution in [0, 0.1) is 0 Å². The van der Waals surface area contributed by atoms with Gasteiger partial charge in [0.1, 0.15) is 0 Å². The second-order valence-electron chi connectivity index (χ2n) is 6.55. The maximum atomic E-state index is 12.6. The van der Waals surface area contributed by atoms with Crippen molar-refractivity contribution in [2.45, 2.75) is 0 Å². The molecule has 4 rings (SSSR count). The van der Waals surface area contributed by atoms with Crippen LogP contribution in [0.1, 0.15) is 0 Å². The molecular formula is C24H21N2OP. The van der Waals surface area contributed by atoms with E-state index in [1.807, 2.05) is 60.7 Å². The number of nitrogens with one attached hydrogen (secondary N) is 2. The number of hydrogen-bond acceptors (Lipinski definition) is 1. The fourth-order valence-electron chi connectivity index (χ4n) is 3.21. The van der Waals surface area contributed by atoms with Gasteiger partial charge in [0.05, 0.1) is 5.69 Å². The normalized spacial score (nSPS) is 11.8. The van der Waals surface area contributed by atoms with Crippen molar-refractivity contribution in [2.24, 2.45) is 0 Å². The Hall–Kier alpha value is -3.16. The van der Waals surface area contributed by atoms with Gasteiger partial charge in [0.2, 0.25) is 0 Å². The standard InChI is InChI=1S/C24H21N2OP/c1-28(20-12-3-2-4-13-20)21-14-8-11-19(17-21)25-24(27)26-23-16-7-10-18-9-5-6-15-22(18)23/h2-17H,1H3,(H2,25,26,27). The first-order valence-corrected chi connectivity index (χ1v) is 10.9. The van der Waals surface area contributed by atoms with Crippen LogP contribution in [-0.2, 0) is 0 Å². The Labute approximate surface area is 166 Å². The molecule has 1 atom stereocenters. The third-order valence-electron chi connectivity index (χ3n) is 4.67. The van der Waals surface area contributed by atoms with Gasteiger partial charge in [0.15, 0.2) is 0 Å². The van der Waals surface area contributed by atoms with Gasteiger partial charge in [-0.15, -0.1) is 0 Å². The third kappa shape index (κ3) is 4.05. The minimum atomic E-state index is -0.455. The van der Waals surface area contributed by atoms with Crippen molar-refractivity contribution in [3.05, 3.63) is 97.1 Å². The molecule has 0 bridgehead atoms. The molecule has 3 nitrogen and oxygen atoms in total. The van der Waals surface area contributed by atoms with Crippen molar-refractivity contribution < 1.29 is 4.79 Å².